The van der Waals surface area contributed by atoms with E-state index in [9.17, 15) is 10.5 Å². The lowest BCUT2D eigenvalue weighted by Crippen LogP contribution is -2.11. The van der Waals surface area contributed by atoms with Crippen molar-refractivity contribution in [2.45, 2.75) is 0 Å². The Hall–Kier alpha value is -8.96. The minimum absolute atomic E-state index is 0.349. The van der Waals surface area contributed by atoms with E-state index in [4.69, 9.17) is 0 Å². The molecule has 0 aliphatic carbocycles. The Kier molecular flexibility index (Phi) is 8.58. The Balaban J connectivity index is 1.28. The Bertz CT molecular complexity index is 3670. The van der Waals surface area contributed by atoms with Crippen LogP contribution in [0.25, 0.3) is 75.4 Å². The van der Waals surface area contributed by atoms with Crippen molar-refractivity contribution in [2.24, 2.45) is 0 Å². The molecule has 0 atom stereocenters. The summed E-state index contributed by atoms with van der Waals surface area (Å²) in [6.45, 7) is 0. The van der Waals surface area contributed by atoms with Gasteiger partial charge in [-0.1, -0.05) is 158 Å². The van der Waals surface area contributed by atoms with Gasteiger partial charge in [-0.15, -0.1) is 0 Å². The lowest BCUT2D eigenvalue weighted by Gasteiger charge is -2.30. The average molecular weight is 813 g/mol. The van der Waals surface area contributed by atoms with E-state index in [-0.39, 0.29) is 0 Å². The van der Waals surface area contributed by atoms with Crippen LogP contribution < -0.4 is 9.80 Å². The van der Waals surface area contributed by atoms with Crippen LogP contribution in [-0.2, 0) is 0 Å². The first-order valence-electron chi connectivity index (χ1n) is 21.5. The highest BCUT2D eigenvalue weighted by atomic mass is 15.2. The molecule has 12 rings (SSSR count). The van der Waals surface area contributed by atoms with E-state index in [2.05, 4.69) is 228 Å². The molecule has 0 bridgehead atoms. The van der Waals surface area contributed by atoms with Gasteiger partial charge in [0.1, 0.15) is 12.1 Å². The lowest BCUT2D eigenvalue weighted by atomic mass is 9.85. The number of benzene rings is 12. The highest BCUT2D eigenvalue weighted by Gasteiger charge is 2.25. The zero-order valence-electron chi connectivity index (χ0n) is 34.6. The Labute approximate surface area is 369 Å². The number of hydrogen-bond acceptors (Lipinski definition) is 4. The van der Waals surface area contributed by atoms with E-state index < -0.39 is 0 Å². The number of rotatable bonds is 6. The first-order chi connectivity index (χ1) is 31.7. The Morgan fingerprint density at radius 2 is 0.609 bits per heavy atom. The molecule has 0 amide bonds. The molecule has 0 saturated carbocycles. The van der Waals surface area contributed by atoms with Crippen molar-refractivity contribution >= 4 is 110 Å². The third-order valence-corrected chi connectivity index (χ3v) is 12.8. The van der Waals surface area contributed by atoms with E-state index in [1.54, 1.807) is 0 Å². The van der Waals surface area contributed by atoms with Crippen molar-refractivity contribution in [2.75, 3.05) is 9.80 Å². The van der Waals surface area contributed by atoms with Gasteiger partial charge in [0.05, 0.1) is 33.9 Å². The van der Waals surface area contributed by atoms with Crippen LogP contribution in [0.1, 0.15) is 11.1 Å². The number of fused-ring (bicyclic) bond motifs is 12. The van der Waals surface area contributed by atoms with Gasteiger partial charge >= 0.3 is 0 Å². The van der Waals surface area contributed by atoms with Gasteiger partial charge in [-0.05, 0) is 115 Å². The van der Waals surface area contributed by atoms with Crippen LogP contribution in [-0.4, -0.2) is 0 Å². The van der Waals surface area contributed by atoms with Crippen molar-refractivity contribution in [1.29, 1.82) is 10.5 Å². The molecule has 4 heteroatoms. The molecule has 0 spiro atoms. The summed E-state index contributed by atoms with van der Waals surface area (Å²) in [6.07, 6.45) is 0. The van der Waals surface area contributed by atoms with E-state index in [0.717, 1.165) is 110 Å². The van der Waals surface area contributed by atoms with Crippen molar-refractivity contribution in [1.82, 2.24) is 0 Å². The third kappa shape index (κ3) is 5.68. The van der Waals surface area contributed by atoms with Crippen molar-refractivity contribution < 1.29 is 0 Å². The predicted octanol–water partition coefficient (Wildman–Crippen LogP) is 16.4. The summed E-state index contributed by atoms with van der Waals surface area (Å²) >= 11 is 0. The highest BCUT2D eigenvalue weighted by molar-refractivity contribution is 6.39. The predicted molar refractivity (Wildman–Crippen MR) is 268 cm³/mol. The molecule has 0 heterocycles. The summed E-state index contributed by atoms with van der Waals surface area (Å²) in [5.74, 6) is 0. The summed E-state index contributed by atoms with van der Waals surface area (Å²) in [5, 5.41) is 36.2. The van der Waals surface area contributed by atoms with E-state index in [1.165, 1.54) is 0 Å². The van der Waals surface area contributed by atoms with Crippen LogP contribution in [0.4, 0.5) is 34.1 Å². The fourth-order valence-corrected chi connectivity index (χ4v) is 10.1. The summed E-state index contributed by atoms with van der Waals surface area (Å²) in [4.78, 5) is 4.75. The maximum absolute atomic E-state index is 10.6. The molecule has 296 valence electrons. The number of para-hydroxylation sites is 2. The van der Waals surface area contributed by atoms with Crippen LogP contribution in [0.2, 0.25) is 0 Å². The largest absolute Gasteiger partial charge is 0.309 e. The fourth-order valence-electron chi connectivity index (χ4n) is 10.1. The quantitative estimate of drug-likeness (QED) is 0.157. The molecular weight excluding hydrogens is 777 g/mol. The summed E-state index contributed by atoms with van der Waals surface area (Å²) < 4.78 is 0. The molecule has 64 heavy (non-hydrogen) atoms. The second kappa shape index (κ2) is 14.9. The maximum Gasteiger partial charge on any atom is 0.101 e. The lowest BCUT2D eigenvalue weighted by molar-refractivity contribution is 1.32. The van der Waals surface area contributed by atoms with Crippen LogP contribution in [0.5, 0.6) is 0 Å². The zero-order valence-corrected chi connectivity index (χ0v) is 34.6. The van der Waals surface area contributed by atoms with E-state index in [0.29, 0.717) is 11.1 Å². The zero-order chi connectivity index (χ0) is 42.7. The van der Waals surface area contributed by atoms with Crippen LogP contribution in [0, 0.1) is 22.7 Å². The Morgan fingerprint density at radius 1 is 0.266 bits per heavy atom. The molecule has 0 aromatic heterocycles. The molecule has 0 fully saturated rings. The van der Waals surface area contributed by atoms with Gasteiger partial charge in [0.15, 0.2) is 0 Å². The molecule has 0 saturated heterocycles. The number of hydrogen-bond donors (Lipinski definition) is 0. The monoisotopic (exact) mass is 812 g/mol. The molecule has 0 unspecified atom stereocenters. The number of anilines is 6. The second-order valence-corrected chi connectivity index (χ2v) is 16.2. The molecule has 12 aromatic carbocycles. The van der Waals surface area contributed by atoms with Gasteiger partial charge in [0, 0.05) is 32.9 Å². The molecule has 0 N–H and O–H groups in total. The minimum Gasteiger partial charge on any atom is -0.309 e. The minimum atomic E-state index is 0.349. The third-order valence-electron chi connectivity index (χ3n) is 12.8. The van der Waals surface area contributed by atoms with Crippen molar-refractivity contribution in [3.8, 4) is 12.1 Å². The average Bonchev–Trinajstić information content (AvgIpc) is 3.37. The summed E-state index contributed by atoms with van der Waals surface area (Å²) in [5.41, 5.74) is 6.91. The summed E-state index contributed by atoms with van der Waals surface area (Å²) in [7, 11) is 0. The van der Waals surface area contributed by atoms with Crippen molar-refractivity contribution in [3.63, 3.8) is 0 Å². The molecule has 0 aliphatic heterocycles. The van der Waals surface area contributed by atoms with Crippen LogP contribution in [0.15, 0.2) is 218 Å². The van der Waals surface area contributed by atoms with Gasteiger partial charge in [0.2, 0.25) is 0 Å². The van der Waals surface area contributed by atoms with Crippen molar-refractivity contribution in [3.05, 3.63) is 230 Å². The normalized spacial score (nSPS) is 11.4. The first kappa shape index (κ1) is 36.9. The topological polar surface area (TPSA) is 54.1 Å². The second-order valence-electron chi connectivity index (χ2n) is 16.2. The molecule has 12 aromatic rings. The smallest absolute Gasteiger partial charge is 0.101 e. The van der Waals surface area contributed by atoms with E-state index in [1.807, 2.05) is 12.1 Å². The SMILES string of the molecule is N#Cc1cc2c(cc1C#N)c1cc(N(c3ccccc3)c3cccc4ccccc34)c3ccccc3c1c1c3ccccc3c(N(c3ccccc3)c3cccc4ccccc34)cc21. The summed E-state index contributed by atoms with van der Waals surface area (Å²) in [6, 6.07) is 81.8. The molecule has 4 nitrogen and oxygen atoms in total. The molecular formula is C60H36N4. The fraction of sp³-hybridized carbons (Fsp3) is 0. The standard InChI is InChI=1S/C60H36N4/c61-37-41-33-51-52(34-42(41)38-62)54-36-58(64(44-23-5-2-6-24-44)56-32-16-20-40-18-8-10-26-46(40)56)48-28-12-14-30-50(48)60(54)59-49-29-13-11-27-47(49)57(35-53(51)59)63(43-21-3-1-4-22-43)55-31-15-19-39-17-7-9-25-45(39)55/h1-36H. The maximum atomic E-state index is 10.6. The molecule has 0 aliphatic rings. The van der Waals surface area contributed by atoms with E-state index >= 15 is 0 Å². The number of nitrogens with zero attached hydrogens (tertiary/aromatic N) is 4. The van der Waals surface area contributed by atoms with Crippen LogP contribution in [0.3, 0.4) is 0 Å². The van der Waals surface area contributed by atoms with Gasteiger partial charge in [-0.25, -0.2) is 0 Å². The molecule has 0 radical (unpaired) electrons. The van der Waals surface area contributed by atoms with Gasteiger partial charge in [-0.2, -0.15) is 10.5 Å². The first-order valence-corrected chi connectivity index (χ1v) is 21.5. The number of nitriles is 2. The van der Waals surface area contributed by atoms with Gasteiger partial charge < -0.3 is 9.80 Å². The van der Waals surface area contributed by atoms with Crippen LogP contribution >= 0.6 is 0 Å². The van der Waals surface area contributed by atoms with Gasteiger partial charge in [0.25, 0.3) is 0 Å². The Morgan fingerprint density at radius 3 is 1.02 bits per heavy atom. The van der Waals surface area contributed by atoms with Gasteiger partial charge in [-0.3, -0.25) is 0 Å². The highest BCUT2D eigenvalue weighted by Crippen LogP contribution is 2.51.